The normalized spacial score (nSPS) is 19.1. The van der Waals surface area contributed by atoms with Gasteiger partial charge in [0.25, 0.3) is 5.91 Å². The first-order valence-corrected chi connectivity index (χ1v) is 13.6. The van der Waals surface area contributed by atoms with Crippen LogP contribution in [0.15, 0.2) is 48.0 Å². The highest BCUT2D eigenvalue weighted by atomic mass is 19.1. The topological polar surface area (TPSA) is 42.0 Å². The van der Waals surface area contributed by atoms with E-state index < -0.39 is 0 Å². The van der Waals surface area contributed by atoms with Crippen molar-refractivity contribution in [3.63, 3.8) is 0 Å². The summed E-state index contributed by atoms with van der Waals surface area (Å²) in [5.74, 6) is 1.69. The molecule has 0 N–H and O–H groups in total. The highest BCUT2D eigenvalue weighted by Crippen LogP contribution is 2.29. The van der Waals surface area contributed by atoms with Crippen molar-refractivity contribution < 1.29 is 18.7 Å². The fourth-order valence-corrected chi connectivity index (χ4v) is 5.82. The fourth-order valence-electron chi connectivity index (χ4n) is 5.82. The van der Waals surface area contributed by atoms with Crippen molar-refractivity contribution in [3.05, 3.63) is 65.0 Å². The molecule has 1 heterocycles. The van der Waals surface area contributed by atoms with Gasteiger partial charge in [0.05, 0.1) is 14.2 Å². The van der Waals surface area contributed by atoms with Crippen LogP contribution in [0.25, 0.3) is 6.08 Å². The monoisotopic (exact) mass is 508 g/mol. The van der Waals surface area contributed by atoms with Crippen LogP contribution in [0.5, 0.6) is 11.5 Å². The van der Waals surface area contributed by atoms with Gasteiger partial charge in [-0.25, -0.2) is 4.39 Å². The van der Waals surface area contributed by atoms with Crippen molar-refractivity contribution in [1.82, 2.24) is 9.80 Å². The molecule has 1 amide bonds. The quantitative estimate of drug-likeness (QED) is 0.371. The highest BCUT2D eigenvalue weighted by molar-refractivity contribution is 5.95. The number of ether oxygens (including phenoxy) is 2. The third-order valence-corrected chi connectivity index (χ3v) is 7.76. The summed E-state index contributed by atoms with van der Waals surface area (Å²) in [6, 6.07) is 12.2. The summed E-state index contributed by atoms with van der Waals surface area (Å²) < 4.78 is 24.2. The molecule has 200 valence electrons. The molecule has 6 heteroatoms. The molecule has 0 radical (unpaired) electrons. The Morgan fingerprint density at radius 3 is 2.32 bits per heavy atom. The second kappa shape index (κ2) is 13.1. The van der Waals surface area contributed by atoms with Gasteiger partial charge in [-0.05, 0) is 74.9 Å². The zero-order valence-electron chi connectivity index (χ0n) is 22.5. The summed E-state index contributed by atoms with van der Waals surface area (Å²) in [5.41, 5.74) is 2.53. The molecular formula is C31H41FN2O3. The first-order valence-electron chi connectivity index (χ1n) is 13.6. The van der Waals surface area contributed by atoms with Crippen LogP contribution < -0.4 is 9.47 Å². The maximum Gasteiger partial charge on any atom is 0.254 e. The Hall–Kier alpha value is -2.86. The molecule has 2 aromatic rings. The minimum atomic E-state index is -0.252. The van der Waals surface area contributed by atoms with Crippen LogP contribution in [-0.4, -0.2) is 62.1 Å². The number of likely N-dealkylation sites (tertiary alicyclic amines) is 1. The van der Waals surface area contributed by atoms with E-state index in [1.54, 1.807) is 44.6 Å². The number of amides is 1. The molecule has 1 saturated carbocycles. The summed E-state index contributed by atoms with van der Waals surface area (Å²) in [6.07, 6.45) is 11.0. The minimum Gasteiger partial charge on any atom is -0.497 e. The Kier molecular flexibility index (Phi) is 9.62. The van der Waals surface area contributed by atoms with Crippen LogP contribution in [0.4, 0.5) is 4.39 Å². The largest absolute Gasteiger partial charge is 0.497 e. The molecule has 5 nitrogen and oxygen atoms in total. The summed E-state index contributed by atoms with van der Waals surface area (Å²) >= 11 is 0. The molecule has 1 aliphatic heterocycles. The predicted octanol–water partition coefficient (Wildman–Crippen LogP) is 6.43. The molecule has 0 aromatic heterocycles. The molecule has 0 spiro atoms. The van der Waals surface area contributed by atoms with Crippen molar-refractivity contribution >= 4 is 12.0 Å². The Bertz CT molecular complexity index is 1040. The summed E-state index contributed by atoms with van der Waals surface area (Å²) in [4.78, 5) is 18.5. The molecule has 4 rings (SSSR count). The van der Waals surface area contributed by atoms with Crippen molar-refractivity contribution in [2.75, 3.05) is 40.4 Å². The molecular weight excluding hydrogens is 467 g/mol. The summed E-state index contributed by atoms with van der Waals surface area (Å²) in [6.45, 7) is 5.47. The van der Waals surface area contributed by atoms with Gasteiger partial charge in [0.2, 0.25) is 0 Å². The van der Waals surface area contributed by atoms with Gasteiger partial charge in [-0.15, -0.1) is 0 Å². The fraction of sp³-hybridized carbons (Fsp3) is 0.516. The second-order valence-corrected chi connectivity index (χ2v) is 10.6. The van der Waals surface area contributed by atoms with E-state index in [1.807, 2.05) is 17.9 Å². The number of rotatable bonds is 10. The third-order valence-electron chi connectivity index (χ3n) is 7.76. The third kappa shape index (κ3) is 7.57. The first-order chi connectivity index (χ1) is 17.9. The number of nitrogens with zero attached hydrogens (tertiary/aromatic N) is 2. The SMILES string of the molecule is COc1cc(OC)cc(C(=O)N(CC(C)=Cc2ccc(F)cc2)C[C@@H]2CCCN2CC2CCCCC2)c1. The van der Waals surface area contributed by atoms with E-state index in [0.29, 0.717) is 36.2 Å². The van der Waals surface area contributed by atoms with E-state index in [2.05, 4.69) is 4.90 Å². The number of benzene rings is 2. The van der Waals surface area contributed by atoms with E-state index in [0.717, 1.165) is 36.6 Å². The van der Waals surface area contributed by atoms with Crippen LogP contribution in [-0.2, 0) is 0 Å². The number of hydrogen-bond donors (Lipinski definition) is 0. The van der Waals surface area contributed by atoms with Crippen molar-refractivity contribution in [2.45, 2.75) is 57.9 Å². The minimum absolute atomic E-state index is 0.0337. The average Bonchev–Trinajstić information content (AvgIpc) is 3.35. The van der Waals surface area contributed by atoms with E-state index in [-0.39, 0.29) is 11.7 Å². The maximum atomic E-state index is 13.9. The predicted molar refractivity (Wildman–Crippen MR) is 147 cm³/mol. The van der Waals surface area contributed by atoms with Gasteiger partial charge in [0, 0.05) is 37.3 Å². The van der Waals surface area contributed by atoms with E-state index in [4.69, 9.17) is 9.47 Å². The Morgan fingerprint density at radius 1 is 1.00 bits per heavy atom. The van der Waals surface area contributed by atoms with Crippen molar-refractivity contribution in [3.8, 4) is 11.5 Å². The maximum absolute atomic E-state index is 13.9. The van der Waals surface area contributed by atoms with Gasteiger partial charge in [0.1, 0.15) is 17.3 Å². The molecule has 2 fully saturated rings. The number of halogens is 1. The Labute approximate surface area is 221 Å². The second-order valence-electron chi connectivity index (χ2n) is 10.6. The first kappa shape index (κ1) is 27.2. The molecule has 0 bridgehead atoms. The average molecular weight is 509 g/mol. The smallest absolute Gasteiger partial charge is 0.254 e. The Morgan fingerprint density at radius 2 is 1.68 bits per heavy atom. The van der Waals surface area contributed by atoms with Gasteiger partial charge in [-0.1, -0.05) is 43.0 Å². The lowest BCUT2D eigenvalue weighted by atomic mass is 9.89. The number of methoxy groups -OCH3 is 2. The Balaban J connectivity index is 1.55. The molecule has 37 heavy (non-hydrogen) atoms. The lowest BCUT2D eigenvalue weighted by Crippen LogP contribution is -2.45. The zero-order chi connectivity index (χ0) is 26.2. The van der Waals surface area contributed by atoms with Crippen molar-refractivity contribution in [2.24, 2.45) is 5.92 Å². The van der Waals surface area contributed by atoms with Crippen LogP contribution in [0.3, 0.4) is 0 Å². The standard InChI is InChI=1S/C31H41FN2O3/c1-23(16-24-11-13-27(32)14-12-24)20-34(31(35)26-17-29(36-2)19-30(18-26)37-3)22-28-10-7-15-33(28)21-25-8-5-4-6-9-25/h11-14,16-19,25,28H,4-10,15,20-22H2,1-3H3/t28-/m0/s1. The van der Waals surface area contributed by atoms with Gasteiger partial charge in [-0.3, -0.25) is 9.69 Å². The lowest BCUT2D eigenvalue weighted by Gasteiger charge is -2.34. The van der Waals surface area contributed by atoms with Gasteiger partial charge >= 0.3 is 0 Å². The number of carbonyl (C=O) groups excluding carboxylic acids is 1. The molecule has 1 atom stereocenters. The van der Waals surface area contributed by atoms with Crippen LogP contribution in [0, 0.1) is 11.7 Å². The van der Waals surface area contributed by atoms with Crippen LogP contribution >= 0.6 is 0 Å². The van der Waals surface area contributed by atoms with Gasteiger partial charge < -0.3 is 14.4 Å². The number of carbonyl (C=O) groups is 1. The summed E-state index contributed by atoms with van der Waals surface area (Å²) in [7, 11) is 3.19. The van der Waals surface area contributed by atoms with E-state index >= 15 is 0 Å². The number of hydrogen-bond acceptors (Lipinski definition) is 4. The molecule has 1 aliphatic carbocycles. The summed E-state index contributed by atoms with van der Waals surface area (Å²) in [5, 5.41) is 0. The van der Waals surface area contributed by atoms with Crippen LogP contribution in [0.2, 0.25) is 0 Å². The van der Waals surface area contributed by atoms with Crippen molar-refractivity contribution in [1.29, 1.82) is 0 Å². The van der Waals surface area contributed by atoms with Gasteiger partial charge in [0.15, 0.2) is 0 Å². The zero-order valence-corrected chi connectivity index (χ0v) is 22.5. The molecule has 1 saturated heterocycles. The van der Waals surface area contributed by atoms with E-state index in [1.165, 1.54) is 50.7 Å². The molecule has 2 aromatic carbocycles. The van der Waals surface area contributed by atoms with Crippen LogP contribution in [0.1, 0.15) is 67.8 Å². The highest BCUT2D eigenvalue weighted by Gasteiger charge is 2.31. The van der Waals surface area contributed by atoms with Gasteiger partial charge in [-0.2, -0.15) is 0 Å². The van der Waals surface area contributed by atoms with E-state index in [9.17, 15) is 9.18 Å². The molecule has 2 aliphatic rings. The lowest BCUT2D eigenvalue weighted by molar-refractivity contribution is 0.0709. The molecule has 0 unspecified atom stereocenters.